The molecular formula is C19H22FNO2. The van der Waals surface area contributed by atoms with Gasteiger partial charge in [0, 0.05) is 11.5 Å². The molecule has 0 amide bonds. The first-order valence-corrected chi connectivity index (χ1v) is 8.09. The number of carbonyl (C=O) groups is 1. The predicted octanol–water partition coefficient (Wildman–Crippen LogP) is 5.01. The molecule has 0 saturated heterocycles. The van der Waals surface area contributed by atoms with Crippen LogP contribution in [0, 0.1) is 0 Å². The molecule has 0 bridgehead atoms. The van der Waals surface area contributed by atoms with Crippen LogP contribution in [0.3, 0.4) is 0 Å². The van der Waals surface area contributed by atoms with E-state index < -0.39 is 5.83 Å². The zero-order valence-corrected chi connectivity index (χ0v) is 13.2. The number of ether oxygens (including phenoxy) is 1. The number of halogens is 1. The monoisotopic (exact) mass is 315 g/mol. The second-order valence-electron chi connectivity index (χ2n) is 5.45. The standard InChI is InChI=1S/C19H22FNO2/c20-17(15-22)10-5-3-1-2-4-8-14-23-19-13-12-16-9-6-7-11-18(16)21-19/h6-7,9-13,15H,1-5,8,14H2/b17-10-. The van der Waals surface area contributed by atoms with E-state index in [1.54, 1.807) is 0 Å². The van der Waals surface area contributed by atoms with E-state index in [1.807, 2.05) is 36.4 Å². The van der Waals surface area contributed by atoms with Crippen molar-refractivity contribution in [2.24, 2.45) is 0 Å². The van der Waals surface area contributed by atoms with Crippen LogP contribution in [0.25, 0.3) is 10.9 Å². The Morgan fingerprint density at radius 3 is 2.70 bits per heavy atom. The van der Waals surface area contributed by atoms with Crippen molar-refractivity contribution >= 4 is 17.2 Å². The van der Waals surface area contributed by atoms with Crippen LogP contribution < -0.4 is 4.74 Å². The average Bonchev–Trinajstić information content (AvgIpc) is 2.59. The van der Waals surface area contributed by atoms with Crippen LogP contribution in [0.15, 0.2) is 48.3 Å². The Balaban J connectivity index is 1.57. The van der Waals surface area contributed by atoms with Crippen molar-refractivity contribution in [3.63, 3.8) is 0 Å². The number of hydrogen-bond donors (Lipinski definition) is 0. The molecule has 0 N–H and O–H groups in total. The number of fused-ring (bicyclic) bond motifs is 1. The second-order valence-corrected chi connectivity index (χ2v) is 5.45. The summed E-state index contributed by atoms with van der Waals surface area (Å²) in [5.74, 6) is -0.000500. The van der Waals surface area contributed by atoms with Gasteiger partial charge in [-0.15, -0.1) is 0 Å². The molecule has 122 valence electrons. The number of allylic oxidation sites excluding steroid dienone is 2. The fourth-order valence-electron chi connectivity index (χ4n) is 2.37. The van der Waals surface area contributed by atoms with Gasteiger partial charge in [0.15, 0.2) is 12.1 Å². The lowest BCUT2D eigenvalue weighted by Gasteiger charge is -2.06. The number of unbranched alkanes of at least 4 members (excludes halogenated alkanes) is 5. The van der Waals surface area contributed by atoms with E-state index in [0.29, 0.717) is 18.9 Å². The van der Waals surface area contributed by atoms with Gasteiger partial charge in [-0.2, -0.15) is 0 Å². The molecule has 3 nitrogen and oxygen atoms in total. The third kappa shape index (κ3) is 6.19. The lowest BCUT2D eigenvalue weighted by atomic mass is 10.1. The molecule has 0 fully saturated rings. The van der Waals surface area contributed by atoms with Gasteiger partial charge in [-0.1, -0.05) is 37.5 Å². The van der Waals surface area contributed by atoms with Crippen molar-refractivity contribution < 1.29 is 13.9 Å². The molecule has 2 aromatic rings. The maximum absolute atomic E-state index is 12.5. The molecule has 0 saturated carbocycles. The lowest BCUT2D eigenvalue weighted by molar-refractivity contribution is -0.106. The third-order valence-corrected chi connectivity index (χ3v) is 3.62. The van der Waals surface area contributed by atoms with Gasteiger partial charge in [0.25, 0.3) is 0 Å². The topological polar surface area (TPSA) is 39.2 Å². The van der Waals surface area contributed by atoms with Gasteiger partial charge < -0.3 is 4.74 Å². The van der Waals surface area contributed by atoms with Crippen LogP contribution in [0.4, 0.5) is 4.39 Å². The van der Waals surface area contributed by atoms with Crippen molar-refractivity contribution in [1.29, 1.82) is 0 Å². The molecular weight excluding hydrogens is 293 g/mol. The molecule has 0 radical (unpaired) electrons. The molecule has 23 heavy (non-hydrogen) atoms. The lowest BCUT2D eigenvalue weighted by Crippen LogP contribution is -1.99. The first kappa shape index (κ1) is 17.1. The Morgan fingerprint density at radius 1 is 1.04 bits per heavy atom. The Labute approximate surface area is 136 Å². The van der Waals surface area contributed by atoms with Crippen LogP contribution in [-0.4, -0.2) is 17.9 Å². The summed E-state index contributed by atoms with van der Waals surface area (Å²) in [6, 6.07) is 11.9. The predicted molar refractivity (Wildman–Crippen MR) is 90.2 cm³/mol. The van der Waals surface area contributed by atoms with Gasteiger partial charge in [0.2, 0.25) is 5.88 Å². The van der Waals surface area contributed by atoms with E-state index >= 15 is 0 Å². The minimum atomic E-state index is -0.665. The summed E-state index contributed by atoms with van der Waals surface area (Å²) in [7, 11) is 0. The molecule has 4 heteroatoms. The maximum Gasteiger partial charge on any atom is 0.213 e. The van der Waals surface area contributed by atoms with Crippen molar-refractivity contribution in [2.75, 3.05) is 6.61 Å². The van der Waals surface area contributed by atoms with Crippen molar-refractivity contribution in [2.45, 2.75) is 38.5 Å². The van der Waals surface area contributed by atoms with Gasteiger partial charge in [-0.3, -0.25) is 4.79 Å². The largest absolute Gasteiger partial charge is 0.478 e. The number of para-hydroxylation sites is 1. The van der Waals surface area contributed by atoms with Gasteiger partial charge >= 0.3 is 0 Å². The molecule has 1 aromatic carbocycles. The second kappa shape index (κ2) is 9.72. The highest BCUT2D eigenvalue weighted by Crippen LogP contribution is 2.16. The van der Waals surface area contributed by atoms with E-state index in [-0.39, 0.29) is 6.29 Å². The minimum absolute atomic E-state index is 0.248. The molecule has 0 spiro atoms. The number of aromatic nitrogens is 1. The molecule has 0 atom stereocenters. The molecule has 0 aliphatic heterocycles. The summed E-state index contributed by atoms with van der Waals surface area (Å²) in [4.78, 5) is 14.5. The van der Waals surface area contributed by atoms with E-state index in [4.69, 9.17) is 4.74 Å². The Hall–Kier alpha value is -2.23. The number of carbonyl (C=O) groups excluding carboxylic acids is 1. The number of benzene rings is 1. The van der Waals surface area contributed by atoms with E-state index in [2.05, 4.69) is 4.98 Å². The number of nitrogens with zero attached hydrogens (tertiary/aromatic N) is 1. The molecule has 0 aliphatic carbocycles. The molecule has 1 aromatic heterocycles. The van der Waals surface area contributed by atoms with E-state index in [1.165, 1.54) is 6.08 Å². The summed E-state index contributed by atoms with van der Waals surface area (Å²) in [6.45, 7) is 0.658. The number of hydrogen-bond acceptors (Lipinski definition) is 3. The van der Waals surface area contributed by atoms with E-state index in [0.717, 1.165) is 43.0 Å². The highest BCUT2D eigenvalue weighted by Gasteiger charge is 1.99. The number of pyridine rings is 1. The van der Waals surface area contributed by atoms with Crippen LogP contribution in [0.2, 0.25) is 0 Å². The molecule has 1 heterocycles. The fraction of sp³-hybridized carbons (Fsp3) is 0.368. The first-order valence-electron chi connectivity index (χ1n) is 8.09. The third-order valence-electron chi connectivity index (χ3n) is 3.62. The van der Waals surface area contributed by atoms with Crippen LogP contribution in [0.5, 0.6) is 5.88 Å². The summed E-state index contributed by atoms with van der Waals surface area (Å²) in [6.07, 6.45) is 7.32. The van der Waals surface area contributed by atoms with Gasteiger partial charge in [0.05, 0.1) is 12.1 Å². The highest BCUT2D eigenvalue weighted by molar-refractivity contribution is 5.78. The SMILES string of the molecule is O=C/C(F)=C/CCCCCCCOc1ccc2ccccc2n1. The van der Waals surface area contributed by atoms with Gasteiger partial charge in [0.1, 0.15) is 0 Å². The zero-order chi connectivity index (χ0) is 16.3. The van der Waals surface area contributed by atoms with Crippen LogP contribution in [-0.2, 0) is 4.79 Å². The van der Waals surface area contributed by atoms with Crippen molar-refractivity contribution in [3.05, 3.63) is 48.3 Å². The molecule has 0 aliphatic rings. The van der Waals surface area contributed by atoms with Gasteiger partial charge in [-0.25, -0.2) is 9.37 Å². The van der Waals surface area contributed by atoms with Crippen LogP contribution >= 0.6 is 0 Å². The Bertz CT molecular complexity index is 655. The maximum atomic E-state index is 12.5. The quantitative estimate of drug-likeness (QED) is 0.351. The fourth-order valence-corrected chi connectivity index (χ4v) is 2.37. The number of rotatable bonds is 10. The summed E-state index contributed by atoms with van der Waals surface area (Å²) in [5, 5.41) is 1.11. The molecule has 2 rings (SSSR count). The smallest absolute Gasteiger partial charge is 0.213 e. The van der Waals surface area contributed by atoms with Crippen molar-refractivity contribution in [1.82, 2.24) is 4.98 Å². The Morgan fingerprint density at radius 2 is 1.83 bits per heavy atom. The molecule has 0 unspecified atom stereocenters. The minimum Gasteiger partial charge on any atom is -0.478 e. The van der Waals surface area contributed by atoms with Gasteiger partial charge in [-0.05, 0) is 37.5 Å². The highest BCUT2D eigenvalue weighted by atomic mass is 19.1. The number of aldehydes is 1. The summed E-state index contributed by atoms with van der Waals surface area (Å²) >= 11 is 0. The normalized spacial score (nSPS) is 11.6. The van der Waals surface area contributed by atoms with Crippen LogP contribution in [0.1, 0.15) is 38.5 Å². The van der Waals surface area contributed by atoms with E-state index in [9.17, 15) is 9.18 Å². The summed E-state index contributed by atoms with van der Waals surface area (Å²) in [5.41, 5.74) is 0.945. The van der Waals surface area contributed by atoms with Crippen molar-refractivity contribution in [3.8, 4) is 5.88 Å². The Kier molecular flexibility index (Phi) is 7.24. The average molecular weight is 315 g/mol. The summed E-state index contributed by atoms with van der Waals surface area (Å²) < 4.78 is 18.2. The zero-order valence-electron chi connectivity index (χ0n) is 13.2. The first-order chi connectivity index (χ1) is 11.3.